The third kappa shape index (κ3) is 4.66. The van der Waals surface area contributed by atoms with Crippen LogP contribution in [0.3, 0.4) is 0 Å². The van der Waals surface area contributed by atoms with Gasteiger partial charge in [0.05, 0.1) is 0 Å². The fourth-order valence-electron chi connectivity index (χ4n) is 2.26. The van der Waals surface area contributed by atoms with E-state index in [1.54, 1.807) is 6.92 Å². The molecule has 0 aromatic heterocycles. The Morgan fingerprint density at radius 3 is 2.50 bits per heavy atom. The summed E-state index contributed by atoms with van der Waals surface area (Å²) < 4.78 is 43.7. The van der Waals surface area contributed by atoms with Gasteiger partial charge in [0.15, 0.2) is 0 Å². The van der Waals surface area contributed by atoms with Crippen molar-refractivity contribution in [1.29, 1.82) is 0 Å². The van der Waals surface area contributed by atoms with Gasteiger partial charge in [0.2, 0.25) is 11.8 Å². The van der Waals surface area contributed by atoms with Gasteiger partial charge in [-0.25, -0.2) is 0 Å². The van der Waals surface area contributed by atoms with Crippen LogP contribution in [0.5, 0.6) is 0 Å². The lowest BCUT2D eigenvalue weighted by Crippen LogP contribution is -2.58. The van der Waals surface area contributed by atoms with Crippen LogP contribution in [0.15, 0.2) is 0 Å². The Morgan fingerprint density at radius 2 is 2.00 bits per heavy atom. The fraction of sp³-hybridized carbons (Fsp3) is 0.833. The maximum absolute atomic E-state index is 12.9. The van der Waals surface area contributed by atoms with Gasteiger partial charge in [-0.1, -0.05) is 0 Å². The molecule has 0 aromatic carbocycles. The Hall–Kier alpha value is -1.31. The number of nitrogens with one attached hydrogen (secondary N) is 1. The summed E-state index contributed by atoms with van der Waals surface area (Å²) in [6.07, 6.45) is -4.49. The molecule has 5 nitrogen and oxygen atoms in total. The number of rotatable bonds is 4. The molecule has 1 fully saturated rings. The lowest BCUT2D eigenvalue weighted by molar-refractivity contribution is -0.199. The Morgan fingerprint density at radius 1 is 1.35 bits per heavy atom. The monoisotopic (exact) mass is 296 g/mol. The van der Waals surface area contributed by atoms with Crippen molar-refractivity contribution in [1.82, 2.24) is 10.2 Å². The number of alkyl halides is 3. The SMILES string of the molecule is CCOCC(=O)N1C[C@H](NC(C)=O)CC[C@H]1C(F)(F)F. The van der Waals surface area contributed by atoms with E-state index in [-0.39, 0.29) is 38.5 Å². The highest BCUT2D eigenvalue weighted by molar-refractivity contribution is 5.78. The van der Waals surface area contributed by atoms with Crippen LogP contribution < -0.4 is 5.32 Å². The Bertz CT molecular complexity index is 360. The quantitative estimate of drug-likeness (QED) is 0.844. The molecule has 0 aromatic rings. The Kier molecular flexibility index (Phi) is 5.79. The van der Waals surface area contributed by atoms with Gasteiger partial charge in [-0.3, -0.25) is 9.59 Å². The van der Waals surface area contributed by atoms with Gasteiger partial charge in [0, 0.05) is 26.1 Å². The summed E-state index contributed by atoms with van der Waals surface area (Å²) in [4.78, 5) is 23.6. The molecule has 116 valence electrons. The van der Waals surface area contributed by atoms with Crippen LogP contribution in [0.2, 0.25) is 0 Å². The van der Waals surface area contributed by atoms with Crippen molar-refractivity contribution in [2.75, 3.05) is 19.8 Å². The lowest BCUT2D eigenvalue weighted by Gasteiger charge is -2.40. The average Bonchev–Trinajstić information content (AvgIpc) is 2.33. The number of likely N-dealkylation sites (tertiary alicyclic amines) is 1. The number of nitrogens with zero attached hydrogens (tertiary/aromatic N) is 1. The third-order valence-electron chi connectivity index (χ3n) is 3.12. The molecule has 1 heterocycles. The van der Waals surface area contributed by atoms with Gasteiger partial charge < -0.3 is 15.0 Å². The number of carbonyl (C=O) groups excluding carboxylic acids is 2. The second-order valence-electron chi connectivity index (χ2n) is 4.72. The van der Waals surface area contributed by atoms with Crippen molar-refractivity contribution in [3.63, 3.8) is 0 Å². The first-order valence-electron chi connectivity index (χ1n) is 6.46. The number of piperidine rings is 1. The summed E-state index contributed by atoms with van der Waals surface area (Å²) in [6.45, 7) is 2.68. The number of halogens is 3. The van der Waals surface area contributed by atoms with E-state index in [1.807, 2.05) is 0 Å². The van der Waals surface area contributed by atoms with Gasteiger partial charge in [0.1, 0.15) is 12.6 Å². The predicted molar refractivity (Wildman–Crippen MR) is 64.9 cm³/mol. The van der Waals surface area contributed by atoms with Crippen molar-refractivity contribution >= 4 is 11.8 Å². The number of amides is 2. The molecule has 2 amide bonds. The number of hydrogen-bond acceptors (Lipinski definition) is 3. The highest BCUT2D eigenvalue weighted by Gasteiger charge is 2.48. The Balaban J connectivity index is 2.77. The van der Waals surface area contributed by atoms with Crippen LogP contribution >= 0.6 is 0 Å². The second-order valence-corrected chi connectivity index (χ2v) is 4.72. The lowest BCUT2D eigenvalue weighted by atomic mass is 9.97. The second kappa shape index (κ2) is 6.92. The number of carbonyl (C=O) groups is 2. The normalized spacial score (nSPS) is 23.6. The van der Waals surface area contributed by atoms with E-state index in [1.165, 1.54) is 6.92 Å². The van der Waals surface area contributed by atoms with Gasteiger partial charge in [-0.15, -0.1) is 0 Å². The average molecular weight is 296 g/mol. The zero-order valence-electron chi connectivity index (χ0n) is 11.5. The summed E-state index contributed by atoms with van der Waals surface area (Å²) in [5.41, 5.74) is 0. The van der Waals surface area contributed by atoms with Crippen LogP contribution in [-0.2, 0) is 14.3 Å². The molecule has 0 radical (unpaired) electrons. The summed E-state index contributed by atoms with van der Waals surface area (Å²) in [5.74, 6) is -1.03. The number of ether oxygens (including phenoxy) is 1. The van der Waals surface area contributed by atoms with E-state index < -0.39 is 24.2 Å². The molecule has 20 heavy (non-hydrogen) atoms. The molecule has 1 rings (SSSR count). The highest BCUT2D eigenvalue weighted by atomic mass is 19.4. The fourth-order valence-corrected chi connectivity index (χ4v) is 2.26. The van der Waals surface area contributed by atoms with Crippen LogP contribution in [0.1, 0.15) is 26.7 Å². The van der Waals surface area contributed by atoms with E-state index in [0.29, 0.717) is 0 Å². The van der Waals surface area contributed by atoms with Crippen molar-refractivity contribution < 1.29 is 27.5 Å². The van der Waals surface area contributed by atoms with Gasteiger partial charge >= 0.3 is 6.18 Å². The van der Waals surface area contributed by atoms with E-state index in [0.717, 1.165) is 4.90 Å². The molecule has 2 atom stereocenters. The molecule has 0 spiro atoms. The van der Waals surface area contributed by atoms with E-state index >= 15 is 0 Å². The first kappa shape index (κ1) is 16.7. The molecule has 1 aliphatic heterocycles. The minimum absolute atomic E-state index is 0.143. The molecule has 0 aliphatic carbocycles. The van der Waals surface area contributed by atoms with E-state index in [9.17, 15) is 22.8 Å². The summed E-state index contributed by atoms with van der Waals surface area (Å²) in [5, 5.41) is 2.55. The zero-order chi connectivity index (χ0) is 15.3. The minimum Gasteiger partial charge on any atom is -0.372 e. The maximum Gasteiger partial charge on any atom is 0.408 e. The van der Waals surface area contributed by atoms with Gasteiger partial charge in [-0.2, -0.15) is 13.2 Å². The molecular formula is C12H19F3N2O3. The Labute approximate surface area is 115 Å². The molecule has 1 saturated heterocycles. The van der Waals surface area contributed by atoms with Gasteiger partial charge in [0.25, 0.3) is 0 Å². The van der Waals surface area contributed by atoms with Crippen molar-refractivity contribution in [3.8, 4) is 0 Å². The van der Waals surface area contributed by atoms with Gasteiger partial charge in [-0.05, 0) is 19.8 Å². The topological polar surface area (TPSA) is 58.6 Å². The standard InChI is InChI=1S/C12H19F3N2O3/c1-3-20-7-11(19)17-6-9(16-8(2)18)4-5-10(17)12(13,14)15/h9-10H,3-7H2,1-2H3,(H,16,18)/t9-,10+/m1/s1. The first-order chi connectivity index (χ1) is 9.25. The molecule has 0 saturated carbocycles. The molecule has 8 heteroatoms. The number of hydrogen-bond donors (Lipinski definition) is 1. The molecule has 0 bridgehead atoms. The zero-order valence-corrected chi connectivity index (χ0v) is 11.5. The van der Waals surface area contributed by atoms with Crippen LogP contribution in [0.4, 0.5) is 13.2 Å². The summed E-state index contributed by atoms with van der Waals surface area (Å²) >= 11 is 0. The van der Waals surface area contributed by atoms with Crippen molar-refractivity contribution in [3.05, 3.63) is 0 Å². The van der Waals surface area contributed by atoms with Crippen molar-refractivity contribution in [2.24, 2.45) is 0 Å². The molecule has 1 aliphatic rings. The minimum atomic E-state index is -4.47. The van der Waals surface area contributed by atoms with Crippen LogP contribution in [0.25, 0.3) is 0 Å². The third-order valence-corrected chi connectivity index (χ3v) is 3.12. The van der Waals surface area contributed by atoms with E-state index in [2.05, 4.69) is 5.32 Å². The van der Waals surface area contributed by atoms with Crippen molar-refractivity contribution in [2.45, 2.75) is 44.9 Å². The highest BCUT2D eigenvalue weighted by Crippen LogP contribution is 2.32. The maximum atomic E-state index is 12.9. The smallest absolute Gasteiger partial charge is 0.372 e. The molecule has 1 N–H and O–H groups in total. The summed E-state index contributed by atoms with van der Waals surface area (Å²) in [6, 6.07) is -2.25. The first-order valence-corrected chi connectivity index (χ1v) is 6.46. The largest absolute Gasteiger partial charge is 0.408 e. The van der Waals surface area contributed by atoms with E-state index in [4.69, 9.17) is 4.74 Å². The summed E-state index contributed by atoms with van der Waals surface area (Å²) in [7, 11) is 0. The molecule has 0 unspecified atom stereocenters. The van der Waals surface area contributed by atoms with Crippen LogP contribution in [0, 0.1) is 0 Å². The predicted octanol–water partition coefficient (Wildman–Crippen LogP) is 1.08. The molecular weight excluding hydrogens is 277 g/mol. The van der Waals surface area contributed by atoms with Crippen LogP contribution in [-0.4, -0.2) is 54.7 Å².